The highest BCUT2D eigenvalue weighted by atomic mass is 15.1. The molecule has 0 bridgehead atoms. The lowest BCUT2D eigenvalue weighted by Crippen LogP contribution is -2.24. The van der Waals surface area contributed by atoms with Gasteiger partial charge in [0.1, 0.15) is 0 Å². The summed E-state index contributed by atoms with van der Waals surface area (Å²) < 4.78 is 0. The molecular weight excluding hydrogens is 771 g/mol. The smallest absolute Gasteiger partial charge is 0.0543 e. The predicted octanol–water partition coefficient (Wildman–Crippen LogP) is 16.4. The molecule has 1 spiro atoms. The largest absolute Gasteiger partial charge is 0.310 e. The fourth-order valence-corrected chi connectivity index (χ4v) is 12.8. The van der Waals surface area contributed by atoms with E-state index in [2.05, 4.69) is 233 Å². The highest BCUT2D eigenvalue weighted by molar-refractivity contribution is 5.97. The van der Waals surface area contributed by atoms with Crippen LogP contribution in [0, 0.1) is 0 Å². The summed E-state index contributed by atoms with van der Waals surface area (Å²) in [5, 5.41) is 0. The van der Waals surface area contributed by atoms with E-state index in [-0.39, 0.29) is 16.2 Å². The van der Waals surface area contributed by atoms with Gasteiger partial charge in [-0.1, -0.05) is 198 Å². The average Bonchev–Trinajstić information content (AvgIpc) is 4.01. The van der Waals surface area contributed by atoms with Gasteiger partial charge in [0.05, 0.1) is 5.69 Å². The van der Waals surface area contributed by atoms with Gasteiger partial charge >= 0.3 is 0 Å². The second-order valence-electron chi connectivity index (χ2n) is 19.5. The van der Waals surface area contributed by atoms with E-state index in [4.69, 9.17) is 0 Å². The first-order valence-electron chi connectivity index (χ1n) is 23.1. The maximum absolute atomic E-state index is 2.55. The van der Waals surface area contributed by atoms with E-state index in [9.17, 15) is 0 Å². The summed E-state index contributed by atoms with van der Waals surface area (Å²) in [7, 11) is 0. The van der Waals surface area contributed by atoms with Gasteiger partial charge in [0, 0.05) is 33.2 Å². The molecule has 306 valence electrons. The Morgan fingerprint density at radius 1 is 0.359 bits per heavy atom. The number of fused-ring (bicyclic) bond motifs is 13. The summed E-state index contributed by atoms with van der Waals surface area (Å²) in [4.78, 5) is 2.55. The molecule has 1 heteroatoms. The van der Waals surface area contributed by atoms with E-state index >= 15 is 0 Å². The highest BCUT2D eigenvalue weighted by Crippen LogP contribution is 2.60. The first kappa shape index (κ1) is 37.3. The van der Waals surface area contributed by atoms with Crippen LogP contribution in [0.1, 0.15) is 78.6 Å². The molecule has 1 atom stereocenters. The Labute approximate surface area is 377 Å². The summed E-state index contributed by atoms with van der Waals surface area (Å²) >= 11 is 0. The molecule has 0 N–H and O–H groups in total. The maximum atomic E-state index is 2.55. The van der Waals surface area contributed by atoms with Crippen LogP contribution < -0.4 is 4.90 Å². The van der Waals surface area contributed by atoms with Crippen molar-refractivity contribution in [2.75, 3.05) is 4.90 Å². The molecule has 1 unspecified atom stereocenters. The van der Waals surface area contributed by atoms with Gasteiger partial charge in [-0.05, 0) is 138 Å². The molecule has 64 heavy (non-hydrogen) atoms. The Morgan fingerprint density at radius 3 is 1.62 bits per heavy atom. The summed E-state index contributed by atoms with van der Waals surface area (Å²) in [5.74, 6) is 0. The summed E-state index contributed by atoms with van der Waals surface area (Å²) in [6.07, 6.45) is 2.15. The lowest BCUT2D eigenvalue weighted by Gasteiger charge is -2.32. The minimum absolute atomic E-state index is 0.112. The van der Waals surface area contributed by atoms with Crippen molar-refractivity contribution in [1.82, 2.24) is 0 Å². The first-order chi connectivity index (χ1) is 31.3. The lowest BCUT2D eigenvalue weighted by molar-refractivity contribution is 0.626. The third-order valence-corrected chi connectivity index (χ3v) is 15.7. The van der Waals surface area contributed by atoms with Crippen molar-refractivity contribution in [3.05, 3.63) is 245 Å². The van der Waals surface area contributed by atoms with Gasteiger partial charge < -0.3 is 4.90 Å². The molecule has 1 nitrogen and oxygen atoms in total. The van der Waals surface area contributed by atoms with Gasteiger partial charge in [0.15, 0.2) is 0 Å². The van der Waals surface area contributed by atoms with Crippen LogP contribution in [0.3, 0.4) is 0 Å². The third-order valence-electron chi connectivity index (χ3n) is 15.7. The predicted molar refractivity (Wildman–Crippen MR) is 267 cm³/mol. The van der Waals surface area contributed by atoms with E-state index in [1.165, 1.54) is 112 Å². The van der Waals surface area contributed by atoms with Crippen molar-refractivity contribution in [1.29, 1.82) is 0 Å². The number of rotatable bonds is 5. The zero-order chi connectivity index (χ0) is 43.0. The standard InChI is InChI=1S/C63H49N/c1-61(2)54-27-13-10-22-51(54)59-56(61)29-16-30-58(59)64(43-35-36-48-46-20-9-14-28-55(46)63(57(48)39-43)38-37-41-17-5-11-25-52(41)63)42-33-31-40(32-34-42)44-18-6-7-19-45(44)49-23-15-24-50-47-21-8-12-26-53(47)62(3,4)60(49)50/h5-36,39H,37-38H2,1-4H3. The molecule has 0 aromatic heterocycles. The van der Waals surface area contributed by atoms with E-state index in [0.29, 0.717) is 0 Å². The van der Waals surface area contributed by atoms with Crippen molar-refractivity contribution in [3.63, 3.8) is 0 Å². The normalized spacial score (nSPS) is 17.2. The lowest BCUT2D eigenvalue weighted by atomic mass is 9.73. The van der Waals surface area contributed by atoms with Crippen LogP contribution in [0.25, 0.3) is 55.6 Å². The zero-order valence-electron chi connectivity index (χ0n) is 36.9. The van der Waals surface area contributed by atoms with Gasteiger partial charge in [-0.25, -0.2) is 0 Å². The van der Waals surface area contributed by atoms with Crippen LogP contribution in [0.15, 0.2) is 200 Å². The highest BCUT2D eigenvalue weighted by Gasteiger charge is 2.48. The summed E-state index contributed by atoms with van der Waals surface area (Å²) in [6, 6.07) is 75.9. The molecule has 9 aromatic rings. The van der Waals surface area contributed by atoms with Gasteiger partial charge in [-0.3, -0.25) is 0 Å². The molecule has 4 aliphatic rings. The number of nitrogens with zero attached hydrogens (tertiary/aromatic N) is 1. The fourth-order valence-electron chi connectivity index (χ4n) is 12.8. The Bertz CT molecular complexity index is 3400. The molecule has 0 aliphatic heterocycles. The molecule has 4 aliphatic carbocycles. The SMILES string of the molecule is CC1(C)c2ccccc2-c2c(N(c3ccc(-c4ccccc4-c4cccc5c4C(C)(C)c4ccccc4-5)cc3)c3ccc4c(c3)C3(CCc5ccccc53)c3ccccc3-4)cccc21. The summed E-state index contributed by atoms with van der Waals surface area (Å²) in [6.45, 7) is 9.54. The number of hydrogen-bond acceptors (Lipinski definition) is 1. The van der Waals surface area contributed by atoms with E-state index in [1.54, 1.807) is 0 Å². The monoisotopic (exact) mass is 819 g/mol. The number of aryl methyl sites for hydroxylation is 1. The van der Waals surface area contributed by atoms with E-state index < -0.39 is 0 Å². The maximum Gasteiger partial charge on any atom is 0.0543 e. The van der Waals surface area contributed by atoms with Crippen LogP contribution in [0.2, 0.25) is 0 Å². The fraction of sp³-hybridized carbons (Fsp3) is 0.143. The number of benzene rings is 9. The Kier molecular flexibility index (Phi) is 7.82. The zero-order valence-corrected chi connectivity index (χ0v) is 36.9. The molecule has 13 rings (SSSR count). The van der Waals surface area contributed by atoms with Crippen LogP contribution >= 0.6 is 0 Å². The van der Waals surface area contributed by atoms with E-state index in [0.717, 1.165) is 18.5 Å². The van der Waals surface area contributed by atoms with Crippen molar-refractivity contribution in [2.45, 2.75) is 56.8 Å². The Balaban J connectivity index is 0.996. The van der Waals surface area contributed by atoms with Crippen LogP contribution in [-0.4, -0.2) is 0 Å². The van der Waals surface area contributed by atoms with Crippen molar-refractivity contribution in [3.8, 4) is 55.6 Å². The molecule has 0 fully saturated rings. The number of hydrogen-bond donors (Lipinski definition) is 0. The molecule has 0 heterocycles. The van der Waals surface area contributed by atoms with Gasteiger partial charge in [-0.15, -0.1) is 0 Å². The molecular formula is C63H49N. The van der Waals surface area contributed by atoms with Crippen LogP contribution in [0.4, 0.5) is 17.1 Å². The second-order valence-corrected chi connectivity index (χ2v) is 19.5. The summed E-state index contributed by atoms with van der Waals surface area (Å²) in [5.41, 5.74) is 27.6. The first-order valence-corrected chi connectivity index (χ1v) is 23.1. The molecule has 0 amide bonds. The molecule has 9 aromatic carbocycles. The van der Waals surface area contributed by atoms with Crippen LogP contribution in [-0.2, 0) is 22.7 Å². The minimum Gasteiger partial charge on any atom is -0.310 e. The average molecular weight is 820 g/mol. The van der Waals surface area contributed by atoms with Crippen molar-refractivity contribution >= 4 is 17.1 Å². The van der Waals surface area contributed by atoms with Gasteiger partial charge in [0.25, 0.3) is 0 Å². The Morgan fingerprint density at radius 2 is 0.875 bits per heavy atom. The second kappa shape index (κ2) is 13.4. The number of anilines is 3. The quantitative estimate of drug-likeness (QED) is 0.167. The van der Waals surface area contributed by atoms with Crippen molar-refractivity contribution in [2.24, 2.45) is 0 Å². The topological polar surface area (TPSA) is 3.24 Å². The van der Waals surface area contributed by atoms with Gasteiger partial charge in [-0.2, -0.15) is 0 Å². The molecule has 0 saturated carbocycles. The van der Waals surface area contributed by atoms with E-state index in [1.807, 2.05) is 0 Å². The minimum atomic E-state index is -0.182. The Hall–Kier alpha value is -7.22. The molecule has 0 saturated heterocycles. The third kappa shape index (κ3) is 4.96. The van der Waals surface area contributed by atoms with Crippen molar-refractivity contribution < 1.29 is 0 Å². The van der Waals surface area contributed by atoms with Crippen LogP contribution in [0.5, 0.6) is 0 Å². The molecule has 0 radical (unpaired) electrons. The van der Waals surface area contributed by atoms with Gasteiger partial charge in [0.2, 0.25) is 0 Å².